The molecule has 1 aromatic rings. The van der Waals surface area contributed by atoms with Gasteiger partial charge in [0.1, 0.15) is 5.69 Å². The van der Waals surface area contributed by atoms with Crippen molar-refractivity contribution in [3.05, 3.63) is 33.9 Å². The molecule has 1 aliphatic heterocycles. The minimum Gasteiger partial charge on any atom is -0.481 e. The summed E-state index contributed by atoms with van der Waals surface area (Å²) in [6, 6.07) is 4.41. The molecule has 142 valence electrons. The van der Waals surface area contributed by atoms with Crippen LogP contribution in [0.25, 0.3) is 0 Å². The van der Waals surface area contributed by atoms with Crippen LogP contribution in [0.3, 0.4) is 0 Å². The van der Waals surface area contributed by atoms with Gasteiger partial charge in [0.2, 0.25) is 0 Å². The highest BCUT2D eigenvalue weighted by Crippen LogP contribution is 2.31. The van der Waals surface area contributed by atoms with Gasteiger partial charge in [-0.2, -0.15) is 0 Å². The maximum atomic E-state index is 12.3. The molecule has 2 N–H and O–H groups in total. The van der Waals surface area contributed by atoms with Crippen molar-refractivity contribution in [2.24, 2.45) is 11.8 Å². The van der Waals surface area contributed by atoms with Crippen LogP contribution in [0.5, 0.6) is 0 Å². The number of carboxylic acid groups (broad SMARTS) is 1. The van der Waals surface area contributed by atoms with E-state index in [1.165, 1.54) is 6.07 Å². The van der Waals surface area contributed by atoms with E-state index in [9.17, 15) is 24.8 Å². The number of hydrogen-bond donors (Lipinski definition) is 2. The molecule has 8 heteroatoms. The molecule has 26 heavy (non-hydrogen) atoms. The summed E-state index contributed by atoms with van der Waals surface area (Å²) in [6.45, 7) is 5.36. The molecule has 0 aliphatic carbocycles. The van der Waals surface area contributed by atoms with Gasteiger partial charge in [-0.05, 0) is 37.3 Å². The number of amides is 1. The van der Waals surface area contributed by atoms with Crippen molar-refractivity contribution in [3.63, 3.8) is 0 Å². The van der Waals surface area contributed by atoms with Gasteiger partial charge in [0.25, 0.3) is 11.6 Å². The summed E-state index contributed by atoms with van der Waals surface area (Å²) in [7, 11) is 0. The first-order valence-corrected chi connectivity index (χ1v) is 8.84. The largest absolute Gasteiger partial charge is 0.481 e. The van der Waals surface area contributed by atoms with Crippen molar-refractivity contribution in [3.8, 4) is 0 Å². The quantitative estimate of drug-likeness (QED) is 0.542. The Bertz CT molecular complexity index is 683. The van der Waals surface area contributed by atoms with Crippen LogP contribution in [0, 0.1) is 22.0 Å². The fourth-order valence-electron chi connectivity index (χ4n) is 3.19. The SMILES string of the molecule is CC(C)CC(CNC(=O)c1ccc(N2CCCC2)c([N+](=O)[O-])c1)C(=O)O. The highest BCUT2D eigenvalue weighted by molar-refractivity contribution is 5.96. The number of nitro groups is 1. The Kier molecular flexibility index (Phi) is 6.54. The Balaban J connectivity index is 2.12. The second-order valence-electron chi connectivity index (χ2n) is 7.03. The summed E-state index contributed by atoms with van der Waals surface area (Å²) in [5, 5.41) is 23.2. The molecule has 0 bridgehead atoms. The lowest BCUT2D eigenvalue weighted by molar-refractivity contribution is -0.384. The second kappa shape index (κ2) is 8.64. The number of carboxylic acids is 1. The van der Waals surface area contributed by atoms with Crippen LogP contribution in [-0.4, -0.2) is 41.5 Å². The number of carbonyl (C=O) groups excluding carboxylic acids is 1. The van der Waals surface area contributed by atoms with Crippen molar-refractivity contribution in [2.75, 3.05) is 24.5 Å². The van der Waals surface area contributed by atoms with Crippen LogP contribution in [-0.2, 0) is 4.79 Å². The predicted molar refractivity (Wildman–Crippen MR) is 97.5 cm³/mol. The van der Waals surface area contributed by atoms with E-state index in [0.717, 1.165) is 25.9 Å². The van der Waals surface area contributed by atoms with E-state index in [2.05, 4.69) is 5.32 Å². The maximum Gasteiger partial charge on any atom is 0.308 e. The van der Waals surface area contributed by atoms with Crippen LogP contribution in [0.1, 0.15) is 43.5 Å². The molecule has 0 aromatic heterocycles. The first-order valence-electron chi connectivity index (χ1n) is 8.84. The van der Waals surface area contributed by atoms with Gasteiger partial charge in [0.15, 0.2) is 0 Å². The van der Waals surface area contributed by atoms with Gasteiger partial charge in [0, 0.05) is 31.3 Å². The number of carbonyl (C=O) groups is 2. The third-order valence-electron chi connectivity index (χ3n) is 4.50. The lowest BCUT2D eigenvalue weighted by atomic mass is 9.97. The Morgan fingerprint density at radius 2 is 1.96 bits per heavy atom. The van der Waals surface area contributed by atoms with E-state index in [1.54, 1.807) is 12.1 Å². The van der Waals surface area contributed by atoms with Gasteiger partial charge < -0.3 is 15.3 Å². The minimum atomic E-state index is -0.964. The van der Waals surface area contributed by atoms with E-state index >= 15 is 0 Å². The average Bonchev–Trinajstić information content (AvgIpc) is 3.11. The van der Waals surface area contributed by atoms with Crippen molar-refractivity contribution in [1.29, 1.82) is 0 Å². The maximum absolute atomic E-state index is 12.3. The zero-order valence-electron chi connectivity index (χ0n) is 15.1. The monoisotopic (exact) mass is 363 g/mol. The number of rotatable bonds is 8. The normalized spacial score (nSPS) is 15.1. The molecular formula is C18H25N3O5. The molecule has 1 fully saturated rings. The van der Waals surface area contributed by atoms with Gasteiger partial charge in [-0.25, -0.2) is 0 Å². The number of nitro benzene ring substituents is 1. The fourth-order valence-corrected chi connectivity index (χ4v) is 3.19. The summed E-state index contributed by atoms with van der Waals surface area (Å²) in [4.78, 5) is 36.5. The molecule has 1 amide bonds. The Morgan fingerprint density at radius 1 is 1.31 bits per heavy atom. The molecule has 1 unspecified atom stereocenters. The van der Waals surface area contributed by atoms with E-state index in [-0.39, 0.29) is 23.7 Å². The Morgan fingerprint density at radius 3 is 2.50 bits per heavy atom. The van der Waals surface area contributed by atoms with Crippen LogP contribution in [0.15, 0.2) is 18.2 Å². The highest BCUT2D eigenvalue weighted by atomic mass is 16.6. The van der Waals surface area contributed by atoms with Gasteiger partial charge in [-0.3, -0.25) is 19.7 Å². The molecular weight excluding hydrogens is 338 g/mol. The lowest BCUT2D eigenvalue weighted by Gasteiger charge is -2.18. The topological polar surface area (TPSA) is 113 Å². The molecule has 1 atom stereocenters. The molecule has 1 aromatic carbocycles. The number of hydrogen-bond acceptors (Lipinski definition) is 5. The smallest absolute Gasteiger partial charge is 0.308 e. The first-order chi connectivity index (χ1) is 12.3. The van der Waals surface area contributed by atoms with Gasteiger partial charge >= 0.3 is 5.97 Å². The van der Waals surface area contributed by atoms with Gasteiger partial charge in [0.05, 0.1) is 10.8 Å². The summed E-state index contributed by atoms with van der Waals surface area (Å²) < 4.78 is 0. The van der Waals surface area contributed by atoms with Crippen molar-refractivity contribution in [2.45, 2.75) is 33.1 Å². The Hall–Kier alpha value is -2.64. The second-order valence-corrected chi connectivity index (χ2v) is 7.03. The summed E-state index contributed by atoms with van der Waals surface area (Å²) in [6.07, 6.45) is 2.43. The molecule has 8 nitrogen and oxygen atoms in total. The van der Waals surface area contributed by atoms with E-state index < -0.39 is 22.7 Å². The number of nitrogens with one attached hydrogen (secondary N) is 1. The minimum absolute atomic E-state index is 0.00593. The molecule has 1 aliphatic rings. The summed E-state index contributed by atoms with van der Waals surface area (Å²) >= 11 is 0. The zero-order valence-corrected chi connectivity index (χ0v) is 15.1. The highest BCUT2D eigenvalue weighted by Gasteiger charge is 2.25. The standard InChI is InChI=1S/C18H25N3O5/c1-12(2)9-14(18(23)24)11-19-17(22)13-5-6-15(16(10-13)21(25)26)20-7-3-4-8-20/h5-6,10,12,14H,3-4,7-9,11H2,1-2H3,(H,19,22)(H,23,24). The van der Waals surface area contributed by atoms with Crippen LogP contribution >= 0.6 is 0 Å². The molecule has 0 radical (unpaired) electrons. The van der Waals surface area contributed by atoms with Gasteiger partial charge in [-0.1, -0.05) is 13.8 Å². The number of aliphatic carboxylic acids is 1. The number of nitrogens with zero attached hydrogens (tertiary/aromatic N) is 2. The van der Waals surface area contributed by atoms with E-state index in [1.807, 2.05) is 18.7 Å². The van der Waals surface area contributed by atoms with Crippen molar-refractivity contribution >= 4 is 23.3 Å². The van der Waals surface area contributed by atoms with Crippen LogP contribution < -0.4 is 10.2 Å². The van der Waals surface area contributed by atoms with E-state index in [4.69, 9.17) is 0 Å². The van der Waals surface area contributed by atoms with Crippen molar-refractivity contribution < 1.29 is 19.6 Å². The van der Waals surface area contributed by atoms with Crippen LogP contribution in [0.2, 0.25) is 0 Å². The summed E-state index contributed by atoms with van der Waals surface area (Å²) in [5.74, 6) is -1.96. The number of anilines is 1. The predicted octanol–water partition coefficient (Wildman–Crippen LogP) is 2.67. The molecule has 2 rings (SSSR count). The van der Waals surface area contributed by atoms with Gasteiger partial charge in [-0.15, -0.1) is 0 Å². The van der Waals surface area contributed by atoms with E-state index in [0.29, 0.717) is 12.1 Å². The molecule has 1 heterocycles. The first kappa shape index (κ1) is 19.7. The average molecular weight is 363 g/mol. The summed E-state index contributed by atoms with van der Waals surface area (Å²) in [5.41, 5.74) is 0.581. The van der Waals surface area contributed by atoms with Crippen molar-refractivity contribution in [1.82, 2.24) is 5.32 Å². The van der Waals surface area contributed by atoms with Crippen LogP contribution in [0.4, 0.5) is 11.4 Å². The molecule has 0 spiro atoms. The fraction of sp³-hybridized carbons (Fsp3) is 0.556. The lowest BCUT2D eigenvalue weighted by Crippen LogP contribution is -2.33. The molecule has 1 saturated heterocycles. The Labute approximate surface area is 152 Å². The third kappa shape index (κ3) is 4.93. The molecule has 0 saturated carbocycles. The zero-order chi connectivity index (χ0) is 19.3. The number of benzene rings is 1. The third-order valence-corrected chi connectivity index (χ3v) is 4.50.